The maximum atomic E-state index is 2.61. The largest absolute Gasteiger partial charge is 0.0651 e. The molecule has 23 heavy (non-hydrogen) atoms. The molecule has 0 bridgehead atoms. The van der Waals surface area contributed by atoms with E-state index in [2.05, 4.69) is 41.5 Å². The zero-order chi connectivity index (χ0) is 17.3. The smallest absolute Gasteiger partial charge is 0.0323 e. The molecule has 0 aromatic carbocycles. The molecule has 0 saturated heterocycles. The summed E-state index contributed by atoms with van der Waals surface area (Å²) in [6, 6.07) is 0. The molecule has 0 aromatic heterocycles. The van der Waals surface area contributed by atoms with Gasteiger partial charge in [-0.1, -0.05) is 92.9 Å². The SMILES string of the molecule is CCC(CC1(C)CCCCCCC(C)(CC)CCCC1)C(C)C. The average molecular weight is 323 g/mol. The van der Waals surface area contributed by atoms with Crippen molar-refractivity contribution < 1.29 is 0 Å². The Morgan fingerprint density at radius 3 is 1.52 bits per heavy atom. The molecule has 0 aliphatic heterocycles. The lowest BCUT2D eigenvalue weighted by molar-refractivity contribution is 0.154. The lowest BCUT2D eigenvalue weighted by Gasteiger charge is -2.36. The van der Waals surface area contributed by atoms with Gasteiger partial charge in [-0.2, -0.15) is 0 Å². The lowest BCUT2D eigenvalue weighted by Crippen LogP contribution is -2.24. The number of hydrogen-bond acceptors (Lipinski definition) is 0. The molecule has 0 amide bonds. The predicted octanol–water partition coefficient (Wildman–Crippen LogP) is 8.40. The first-order chi connectivity index (χ1) is 10.8. The van der Waals surface area contributed by atoms with Crippen LogP contribution in [-0.4, -0.2) is 0 Å². The summed E-state index contributed by atoms with van der Waals surface area (Å²) in [4.78, 5) is 0. The number of rotatable bonds is 5. The van der Waals surface area contributed by atoms with Crippen LogP contribution in [0.3, 0.4) is 0 Å². The molecule has 3 unspecified atom stereocenters. The fourth-order valence-corrected chi connectivity index (χ4v) is 4.85. The second kappa shape index (κ2) is 10.1. The van der Waals surface area contributed by atoms with Gasteiger partial charge < -0.3 is 0 Å². The summed E-state index contributed by atoms with van der Waals surface area (Å²) in [5.41, 5.74) is 1.23. The molecule has 3 atom stereocenters. The van der Waals surface area contributed by atoms with E-state index in [1.807, 2.05) is 0 Å². The molecule has 0 heteroatoms. The second-order valence-corrected chi connectivity index (χ2v) is 9.71. The fraction of sp³-hybridized carbons (Fsp3) is 1.00. The molecule has 1 aliphatic rings. The topological polar surface area (TPSA) is 0 Å². The molecule has 1 aliphatic carbocycles. The van der Waals surface area contributed by atoms with Gasteiger partial charge in [0.25, 0.3) is 0 Å². The minimum Gasteiger partial charge on any atom is -0.0651 e. The molecule has 138 valence electrons. The highest BCUT2D eigenvalue weighted by Crippen LogP contribution is 2.42. The lowest BCUT2D eigenvalue weighted by atomic mass is 9.69. The van der Waals surface area contributed by atoms with E-state index in [0.29, 0.717) is 10.8 Å². The van der Waals surface area contributed by atoms with Crippen LogP contribution in [0.25, 0.3) is 0 Å². The van der Waals surface area contributed by atoms with Gasteiger partial charge >= 0.3 is 0 Å². The molecule has 0 spiro atoms. The van der Waals surface area contributed by atoms with Crippen molar-refractivity contribution in [1.29, 1.82) is 0 Å². The fourth-order valence-electron chi connectivity index (χ4n) is 4.85. The van der Waals surface area contributed by atoms with Gasteiger partial charge in [-0.25, -0.2) is 0 Å². The van der Waals surface area contributed by atoms with Crippen molar-refractivity contribution in [3.63, 3.8) is 0 Å². The molecule has 1 rings (SSSR count). The van der Waals surface area contributed by atoms with Crippen LogP contribution in [0, 0.1) is 22.7 Å². The molecule has 0 radical (unpaired) electrons. The van der Waals surface area contributed by atoms with Gasteiger partial charge in [0.1, 0.15) is 0 Å². The standard InChI is InChI=1S/C23H46/c1-7-21(20(3)4)19-23(6)17-12-10-9-11-15-22(5,8-2)16-13-14-18-23/h20-21H,7-19H2,1-6H3. The van der Waals surface area contributed by atoms with Crippen LogP contribution in [-0.2, 0) is 0 Å². The average Bonchev–Trinajstić information content (AvgIpc) is 2.51. The van der Waals surface area contributed by atoms with E-state index in [0.717, 1.165) is 11.8 Å². The van der Waals surface area contributed by atoms with Gasteiger partial charge in [0.15, 0.2) is 0 Å². The third-order valence-corrected chi connectivity index (χ3v) is 7.20. The Hall–Kier alpha value is 0. The van der Waals surface area contributed by atoms with Gasteiger partial charge in [0.05, 0.1) is 0 Å². The van der Waals surface area contributed by atoms with Crippen LogP contribution in [0.1, 0.15) is 125 Å². The van der Waals surface area contributed by atoms with Crippen molar-refractivity contribution in [2.75, 3.05) is 0 Å². The molecular formula is C23H46. The van der Waals surface area contributed by atoms with Crippen molar-refractivity contribution >= 4 is 0 Å². The highest BCUT2D eigenvalue weighted by atomic mass is 14.3. The van der Waals surface area contributed by atoms with Crippen LogP contribution >= 0.6 is 0 Å². The molecule has 0 nitrogen and oxygen atoms in total. The minimum atomic E-state index is 0.604. The summed E-state index contributed by atoms with van der Waals surface area (Å²) in [7, 11) is 0. The Labute approximate surface area is 148 Å². The van der Waals surface area contributed by atoms with Crippen LogP contribution in [0.5, 0.6) is 0 Å². The first kappa shape index (κ1) is 21.0. The normalized spacial score (nSPS) is 33.0. The van der Waals surface area contributed by atoms with E-state index in [1.165, 1.54) is 83.5 Å². The molecule has 0 N–H and O–H groups in total. The molecule has 1 fully saturated rings. The van der Waals surface area contributed by atoms with Gasteiger partial charge in [0, 0.05) is 0 Å². The monoisotopic (exact) mass is 322 g/mol. The first-order valence-electron chi connectivity index (χ1n) is 10.8. The maximum absolute atomic E-state index is 2.61. The van der Waals surface area contributed by atoms with Gasteiger partial charge in [-0.15, -0.1) is 0 Å². The summed E-state index contributed by atoms with van der Waals surface area (Å²) in [5.74, 6) is 1.77. The van der Waals surface area contributed by atoms with Gasteiger partial charge in [0.2, 0.25) is 0 Å². The molecule has 1 saturated carbocycles. The van der Waals surface area contributed by atoms with Crippen molar-refractivity contribution in [3.8, 4) is 0 Å². The van der Waals surface area contributed by atoms with Crippen molar-refractivity contribution in [3.05, 3.63) is 0 Å². The van der Waals surface area contributed by atoms with E-state index in [-0.39, 0.29) is 0 Å². The quantitative estimate of drug-likeness (QED) is 0.476. The zero-order valence-electron chi connectivity index (χ0n) is 17.3. The molecular weight excluding hydrogens is 276 g/mol. The summed E-state index contributed by atoms with van der Waals surface area (Å²) < 4.78 is 0. The minimum absolute atomic E-state index is 0.604. The van der Waals surface area contributed by atoms with Crippen molar-refractivity contribution in [2.24, 2.45) is 22.7 Å². The van der Waals surface area contributed by atoms with Crippen molar-refractivity contribution in [1.82, 2.24) is 0 Å². The molecule has 0 heterocycles. The van der Waals surface area contributed by atoms with Crippen LogP contribution in [0.4, 0.5) is 0 Å². The van der Waals surface area contributed by atoms with E-state index in [1.54, 1.807) is 0 Å². The molecule has 0 aromatic rings. The third kappa shape index (κ3) is 7.61. The van der Waals surface area contributed by atoms with E-state index >= 15 is 0 Å². The number of hydrogen-bond donors (Lipinski definition) is 0. The van der Waals surface area contributed by atoms with E-state index in [4.69, 9.17) is 0 Å². The Balaban J connectivity index is 2.66. The summed E-state index contributed by atoms with van der Waals surface area (Å²) in [6.45, 7) is 14.8. The van der Waals surface area contributed by atoms with E-state index < -0.39 is 0 Å². The van der Waals surface area contributed by atoms with Gasteiger partial charge in [-0.05, 0) is 54.8 Å². The highest BCUT2D eigenvalue weighted by Gasteiger charge is 2.29. The zero-order valence-corrected chi connectivity index (χ0v) is 17.3. The Morgan fingerprint density at radius 1 is 0.696 bits per heavy atom. The van der Waals surface area contributed by atoms with Crippen LogP contribution in [0.2, 0.25) is 0 Å². The third-order valence-electron chi connectivity index (χ3n) is 7.20. The Kier molecular flexibility index (Phi) is 9.24. The van der Waals surface area contributed by atoms with E-state index in [9.17, 15) is 0 Å². The first-order valence-corrected chi connectivity index (χ1v) is 10.8. The summed E-state index contributed by atoms with van der Waals surface area (Å²) >= 11 is 0. The van der Waals surface area contributed by atoms with Crippen LogP contribution in [0.15, 0.2) is 0 Å². The van der Waals surface area contributed by atoms with Crippen molar-refractivity contribution in [2.45, 2.75) is 125 Å². The highest BCUT2D eigenvalue weighted by molar-refractivity contribution is 4.81. The maximum Gasteiger partial charge on any atom is -0.0323 e. The summed E-state index contributed by atoms with van der Waals surface area (Å²) in [6.07, 6.45) is 18.8. The predicted molar refractivity (Wildman–Crippen MR) is 106 cm³/mol. The van der Waals surface area contributed by atoms with Crippen LogP contribution < -0.4 is 0 Å². The summed E-state index contributed by atoms with van der Waals surface area (Å²) in [5, 5.41) is 0. The Bertz CT molecular complexity index is 305. The second-order valence-electron chi connectivity index (χ2n) is 9.71. The van der Waals surface area contributed by atoms with Gasteiger partial charge in [-0.3, -0.25) is 0 Å². The Morgan fingerprint density at radius 2 is 1.13 bits per heavy atom.